The number of aldehydes is 1. The maximum atomic E-state index is 14.6. The van der Waals surface area contributed by atoms with Crippen molar-refractivity contribution in [3.05, 3.63) is 70.3 Å². The number of ketones is 1. The molecule has 0 amide bonds. The Hall–Kier alpha value is -2.44. The third-order valence-corrected chi connectivity index (χ3v) is 5.48. The van der Waals surface area contributed by atoms with E-state index in [1.165, 1.54) is 0 Å². The molecular formula is C21H20F2N2O2. The van der Waals surface area contributed by atoms with Crippen LogP contribution in [-0.4, -0.2) is 35.0 Å². The van der Waals surface area contributed by atoms with Gasteiger partial charge >= 0.3 is 0 Å². The molecule has 0 aromatic heterocycles. The lowest BCUT2D eigenvalue weighted by Crippen LogP contribution is -2.37. The van der Waals surface area contributed by atoms with Crippen molar-refractivity contribution in [2.45, 2.75) is 32.1 Å². The van der Waals surface area contributed by atoms with Crippen molar-refractivity contribution in [3.63, 3.8) is 0 Å². The van der Waals surface area contributed by atoms with Crippen LogP contribution in [0.2, 0.25) is 0 Å². The smallest absolute Gasteiger partial charge is 0.216 e. The number of nitrogens with zero attached hydrogens (tertiary/aromatic N) is 2. The molecule has 1 atom stereocenters. The number of likely N-dealkylation sites (tertiary alicyclic amines) is 1. The number of Topliss-reactive ketones (excluding diaryl/α,β-unsaturated/α-hetero) is 1. The number of benzene rings is 2. The maximum absolute atomic E-state index is 14.6. The lowest BCUT2D eigenvalue weighted by atomic mass is 10.0. The standard InChI is InChI=1S/C21H20F2N2O2/c22-18-6-7-19(23)17(16(18)11-24-8-3-9-24)12-25-10-14-4-1-2-5-15(14)21(25)20(27)13-26/h1-2,4-7,13,21H,3,8-12H2. The van der Waals surface area contributed by atoms with E-state index in [2.05, 4.69) is 4.90 Å². The summed E-state index contributed by atoms with van der Waals surface area (Å²) < 4.78 is 29.1. The Balaban J connectivity index is 1.68. The summed E-state index contributed by atoms with van der Waals surface area (Å²) in [5.74, 6) is -1.49. The molecule has 0 bridgehead atoms. The number of hydrogen-bond acceptors (Lipinski definition) is 4. The van der Waals surface area contributed by atoms with Gasteiger partial charge < -0.3 is 0 Å². The van der Waals surface area contributed by atoms with Gasteiger partial charge in [-0.15, -0.1) is 0 Å². The summed E-state index contributed by atoms with van der Waals surface area (Å²) in [5, 5.41) is 0. The van der Waals surface area contributed by atoms with Gasteiger partial charge in [0.15, 0.2) is 6.29 Å². The van der Waals surface area contributed by atoms with Crippen LogP contribution in [0.4, 0.5) is 8.78 Å². The van der Waals surface area contributed by atoms with Gasteiger partial charge in [-0.2, -0.15) is 0 Å². The SMILES string of the molecule is O=CC(=O)C1c2ccccc2CN1Cc1c(F)ccc(F)c1CN1CCC1. The molecule has 0 radical (unpaired) electrons. The molecule has 1 fully saturated rings. The van der Waals surface area contributed by atoms with E-state index >= 15 is 0 Å². The first-order valence-electron chi connectivity index (χ1n) is 9.07. The van der Waals surface area contributed by atoms with Gasteiger partial charge in [0.05, 0.1) is 0 Å². The van der Waals surface area contributed by atoms with Crippen LogP contribution in [0.15, 0.2) is 36.4 Å². The van der Waals surface area contributed by atoms with E-state index in [-0.39, 0.29) is 12.1 Å². The van der Waals surface area contributed by atoms with Crippen molar-refractivity contribution in [2.24, 2.45) is 0 Å². The summed E-state index contributed by atoms with van der Waals surface area (Å²) >= 11 is 0. The van der Waals surface area contributed by atoms with Gasteiger partial charge in [-0.3, -0.25) is 19.4 Å². The third kappa shape index (κ3) is 3.31. The van der Waals surface area contributed by atoms with Crippen LogP contribution in [0.25, 0.3) is 0 Å². The molecule has 4 rings (SSSR count). The first kappa shape index (κ1) is 17.9. The van der Waals surface area contributed by atoms with Gasteiger partial charge in [0.2, 0.25) is 5.78 Å². The quantitative estimate of drug-likeness (QED) is 0.579. The van der Waals surface area contributed by atoms with E-state index in [4.69, 9.17) is 0 Å². The van der Waals surface area contributed by atoms with Crippen LogP contribution in [-0.2, 0) is 29.2 Å². The minimum Gasteiger partial charge on any atom is -0.299 e. The van der Waals surface area contributed by atoms with Crippen LogP contribution >= 0.6 is 0 Å². The molecule has 6 heteroatoms. The average Bonchev–Trinajstić information content (AvgIpc) is 3.00. The van der Waals surface area contributed by atoms with Crippen LogP contribution in [0.5, 0.6) is 0 Å². The summed E-state index contributed by atoms with van der Waals surface area (Å²) in [7, 11) is 0. The molecule has 27 heavy (non-hydrogen) atoms. The van der Waals surface area contributed by atoms with Crippen molar-refractivity contribution in [3.8, 4) is 0 Å². The fraction of sp³-hybridized carbons (Fsp3) is 0.333. The second-order valence-corrected chi connectivity index (χ2v) is 7.14. The summed E-state index contributed by atoms with van der Waals surface area (Å²) in [6.07, 6.45) is 1.37. The van der Waals surface area contributed by atoms with E-state index in [1.54, 1.807) is 4.90 Å². The van der Waals surface area contributed by atoms with E-state index in [0.717, 1.165) is 42.8 Å². The van der Waals surface area contributed by atoms with E-state index < -0.39 is 23.5 Å². The highest BCUT2D eigenvalue weighted by Crippen LogP contribution is 2.36. The van der Waals surface area contributed by atoms with Crippen molar-refractivity contribution in [1.29, 1.82) is 0 Å². The van der Waals surface area contributed by atoms with E-state index in [0.29, 0.717) is 24.9 Å². The number of hydrogen-bond donors (Lipinski definition) is 0. The molecular weight excluding hydrogens is 350 g/mol. The second-order valence-electron chi connectivity index (χ2n) is 7.14. The molecule has 0 saturated carbocycles. The summed E-state index contributed by atoms with van der Waals surface area (Å²) in [5.41, 5.74) is 2.29. The topological polar surface area (TPSA) is 40.6 Å². The largest absolute Gasteiger partial charge is 0.299 e. The van der Waals surface area contributed by atoms with Gasteiger partial charge in [0, 0.05) is 30.8 Å². The predicted octanol–water partition coefficient (Wildman–Crippen LogP) is 3.00. The van der Waals surface area contributed by atoms with Crippen LogP contribution in [0, 0.1) is 11.6 Å². The molecule has 2 aliphatic heterocycles. The molecule has 0 N–H and O–H groups in total. The molecule has 2 heterocycles. The van der Waals surface area contributed by atoms with Crippen molar-refractivity contribution >= 4 is 12.1 Å². The van der Waals surface area contributed by atoms with E-state index in [1.807, 2.05) is 24.3 Å². The highest BCUT2D eigenvalue weighted by Gasteiger charge is 2.36. The first-order chi connectivity index (χ1) is 13.1. The summed E-state index contributed by atoms with van der Waals surface area (Å²) in [6, 6.07) is 8.91. The van der Waals surface area contributed by atoms with Gasteiger partial charge in [-0.05, 0) is 42.8 Å². The zero-order valence-corrected chi connectivity index (χ0v) is 14.8. The molecule has 0 aliphatic carbocycles. The Labute approximate surface area is 156 Å². The minimum absolute atomic E-state index is 0.0751. The van der Waals surface area contributed by atoms with Gasteiger partial charge in [-0.1, -0.05) is 24.3 Å². The van der Waals surface area contributed by atoms with Crippen LogP contribution in [0.1, 0.15) is 34.7 Å². The Bertz CT molecular complexity index is 896. The maximum Gasteiger partial charge on any atom is 0.216 e. The van der Waals surface area contributed by atoms with Crippen molar-refractivity contribution in [1.82, 2.24) is 9.80 Å². The van der Waals surface area contributed by atoms with Gasteiger partial charge in [-0.25, -0.2) is 8.78 Å². The summed E-state index contributed by atoms with van der Waals surface area (Å²) in [4.78, 5) is 27.2. The molecule has 4 nitrogen and oxygen atoms in total. The first-order valence-corrected chi connectivity index (χ1v) is 9.07. The van der Waals surface area contributed by atoms with Gasteiger partial charge in [0.1, 0.15) is 17.7 Å². The van der Waals surface area contributed by atoms with Gasteiger partial charge in [0.25, 0.3) is 0 Å². The molecule has 0 spiro atoms. The number of halogens is 2. The normalized spacial score (nSPS) is 19.6. The zero-order chi connectivity index (χ0) is 19.0. The highest BCUT2D eigenvalue weighted by atomic mass is 19.1. The number of carbonyl (C=O) groups excluding carboxylic acids is 2. The predicted molar refractivity (Wildman–Crippen MR) is 95.8 cm³/mol. The fourth-order valence-electron chi connectivity index (χ4n) is 3.94. The van der Waals surface area contributed by atoms with E-state index in [9.17, 15) is 18.4 Å². The number of rotatable bonds is 6. The second kappa shape index (κ2) is 7.29. The van der Waals surface area contributed by atoms with Crippen LogP contribution < -0.4 is 0 Å². The van der Waals surface area contributed by atoms with Crippen molar-refractivity contribution < 1.29 is 18.4 Å². The van der Waals surface area contributed by atoms with Crippen LogP contribution in [0.3, 0.4) is 0 Å². The monoisotopic (exact) mass is 370 g/mol. The lowest BCUT2D eigenvalue weighted by Gasteiger charge is -2.32. The molecule has 2 aliphatic rings. The van der Waals surface area contributed by atoms with Crippen molar-refractivity contribution in [2.75, 3.05) is 13.1 Å². The Kier molecular flexibility index (Phi) is 4.85. The Morgan fingerprint density at radius 1 is 1.04 bits per heavy atom. The molecule has 1 unspecified atom stereocenters. The Morgan fingerprint density at radius 2 is 1.70 bits per heavy atom. The summed E-state index contributed by atoms with van der Waals surface area (Å²) in [6.45, 7) is 2.59. The zero-order valence-electron chi connectivity index (χ0n) is 14.8. The molecule has 2 aromatic rings. The average molecular weight is 370 g/mol. The minimum atomic E-state index is -0.752. The Morgan fingerprint density at radius 3 is 2.33 bits per heavy atom. The molecule has 2 aromatic carbocycles. The lowest BCUT2D eigenvalue weighted by molar-refractivity contribution is -0.133. The number of carbonyl (C=O) groups is 2. The third-order valence-electron chi connectivity index (χ3n) is 5.48. The molecule has 1 saturated heterocycles. The highest BCUT2D eigenvalue weighted by molar-refractivity contribution is 6.27. The fourth-order valence-corrected chi connectivity index (χ4v) is 3.94. The number of fused-ring (bicyclic) bond motifs is 1. The molecule has 140 valence electrons.